The van der Waals surface area contributed by atoms with Crippen LogP contribution < -0.4 is 0 Å². The fourth-order valence-corrected chi connectivity index (χ4v) is 2.39. The van der Waals surface area contributed by atoms with Crippen molar-refractivity contribution in [2.75, 3.05) is 0 Å². The predicted molar refractivity (Wildman–Crippen MR) is 68.5 cm³/mol. The van der Waals surface area contributed by atoms with Gasteiger partial charge in [-0.2, -0.15) is 0 Å². The van der Waals surface area contributed by atoms with E-state index in [0.717, 1.165) is 33.0 Å². The normalized spacial score (nSPS) is 11.8. The van der Waals surface area contributed by atoms with E-state index in [-0.39, 0.29) is 0 Å². The van der Waals surface area contributed by atoms with Gasteiger partial charge in [-0.3, -0.25) is 0 Å². The molecule has 0 aliphatic heterocycles. The van der Waals surface area contributed by atoms with E-state index < -0.39 is 0 Å². The maximum Gasteiger partial charge on any atom is 0.253 e. The molecule has 0 radical (unpaired) electrons. The molecular weight excluding hydrogens is 234 g/mol. The number of thiol groups is 1. The molecule has 0 atom stereocenters. The summed E-state index contributed by atoms with van der Waals surface area (Å²) in [5.74, 6) is 0. The zero-order valence-corrected chi connectivity index (χ0v) is 9.57. The summed E-state index contributed by atoms with van der Waals surface area (Å²) >= 11 is 4.14. The van der Waals surface area contributed by atoms with Gasteiger partial charge in [0.05, 0.1) is 5.39 Å². The lowest BCUT2D eigenvalue weighted by Gasteiger charge is -1.89. The molecule has 0 N–H and O–H groups in total. The monoisotopic (exact) mass is 241 g/mol. The second kappa shape index (κ2) is 3.05. The van der Waals surface area contributed by atoms with Crippen LogP contribution in [-0.2, 0) is 0 Å². The third kappa shape index (κ3) is 1.16. The number of furan rings is 1. The molecule has 0 saturated carbocycles. The van der Waals surface area contributed by atoms with Crippen LogP contribution in [0.25, 0.3) is 33.0 Å². The molecule has 0 amide bonds. The fourth-order valence-electron chi connectivity index (χ4n) is 2.19. The molecule has 0 aliphatic rings. The lowest BCUT2D eigenvalue weighted by molar-refractivity contribution is 0.492. The van der Waals surface area contributed by atoms with E-state index in [1.54, 1.807) is 0 Å². The van der Waals surface area contributed by atoms with Crippen LogP contribution >= 0.6 is 12.6 Å². The van der Waals surface area contributed by atoms with E-state index in [1.807, 2.05) is 36.4 Å². The van der Waals surface area contributed by atoms with Crippen molar-refractivity contribution in [1.29, 1.82) is 0 Å². The van der Waals surface area contributed by atoms with Crippen LogP contribution in [-0.4, -0.2) is 4.98 Å². The summed E-state index contributed by atoms with van der Waals surface area (Å²) in [7, 11) is 0. The van der Waals surface area contributed by atoms with E-state index in [4.69, 9.17) is 8.83 Å². The molecular formula is C13H7NO2S. The minimum atomic E-state index is 0.373. The first-order valence-electron chi connectivity index (χ1n) is 5.23. The lowest BCUT2D eigenvalue weighted by atomic mass is 10.1. The highest BCUT2D eigenvalue weighted by atomic mass is 32.1. The number of benzene rings is 2. The third-order valence-electron chi connectivity index (χ3n) is 2.89. The van der Waals surface area contributed by atoms with Gasteiger partial charge in [0.15, 0.2) is 5.58 Å². The number of hydrogen-bond acceptors (Lipinski definition) is 4. The summed E-state index contributed by atoms with van der Waals surface area (Å²) in [6.07, 6.45) is 0. The highest BCUT2D eigenvalue weighted by Gasteiger charge is 2.13. The molecule has 4 aromatic rings. The second-order valence-corrected chi connectivity index (χ2v) is 4.26. The van der Waals surface area contributed by atoms with Gasteiger partial charge in [0, 0.05) is 5.39 Å². The topological polar surface area (TPSA) is 39.2 Å². The van der Waals surface area contributed by atoms with Crippen LogP contribution in [0.15, 0.2) is 50.5 Å². The summed E-state index contributed by atoms with van der Waals surface area (Å²) in [6.45, 7) is 0. The minimum absolute atomic E-state index is 0.373. The number of nitrogens with zero attached hydrogens (tertiary/aromatic N) is 1. The maximum absolute atomic E-state index is 5.76. The Hall–Kier alpha value is -1.94. The summed E-state index contributed by atoms with van der Waals surface area (Å²) in [5.41, 5.74) is 3.21. The average molecular weight is 241 g/mol. The Morgan fingerprint density at radius 3 is 2.65 bits per heavy atom. The molecule has 2 aromatic carbocycles. The van der Waals surface area contributed by atoms with Crippen molar-refractivity contribution in [3.8, 4) is 0 Å². The Morgan fingerprint density at radius 1 is 0.882 bits per heavy atom. The fraction of sp³-hybridized carbons (Fsp3) is 0. The predicted octanol–water partition coefficient (Wildman–Crippen LogP) is 4.02. The van der Waals surface area contributed by atoms with E-state index in [9.17, 15) is 0 Å². The van der Waals surface area contributed by atoms with Crippen LogP contribution in [0.2, 0.25) is 0 Å². The summed E-state index contributed by atoms with van der Waals surface area (Å²) in [4.78, 5) is 4.30. The zero-order chi connectivity index (χ0) is 11.4. The smallest absolute Gasteiger partial charge is 0.253 e. The molecule has 0 aliphatic carbocycles. The molecule has 0 saturated heterocycles. The minimum Gasteiger partial charge on any atom is -0.456 e. The van der Waals surface area contributed by atoms with Gasteiger partial charge in [0.2, 0.25) is 0 Å². The van der Waals surface area contributed by atoms with Gasteiger partial charge in [0.1, 0.15) is 16.7 Å². The number of hydrogen-bond donors (Lipinski definition) is 1. The molecule has 17 heavy (non-hydrogen) atoms. The van der Waals surface area contributed by atoms with Crippen molar-refractivity contribution in [1.82, 2.24) is 4.98 Å². The number of fused-ring (bicyclic) bond motifs is 5. The Kier molecular flexibility index (Phi) is 1.64. The Morgan fingerprint density at radius 2 is 1.71 bits per heavy atom. The maximum atomic E-state index is 5.76. The standard InChI is InChI=1S/C13H7NO2S/c17-13-14-12-10(16-13)6-5-9-11(12)7-3-1-2-4-8(7)15-9/h1-6H,(H,14,17). The number of aromatic nitrogens is 1. The molecule has 82 valence electrons. The molecule has 0 fully saturated rings. The zero-order valence-electron chi connectivity index (χ0n) is 8.68. The van der Waals surface area contributed by atoms with E-state index in [1.165, 1.54) is 0 Å². The third-order valence-corrected chi connectivity index (χ3v) is 3.08. The van der Waals surface area contributed by atoms with E-state index in [0.29, 0.717) is 5.22 Å². The average Bonchev–Trinajstić information content (AvgIpc) is 2.87. The highest BCUT2D eigenvalue weighted by Crippen LogP contribution is 2.34. The lowest BCUT2D eigenvalue weighted by Crippen LogP contribution is -1.71. The molecule has 0 spiro atoms. The quantitative estimate of drug-likeness (QED) is 0.473. The van der Waals surface area contributed by atoms with Crippen molar-refractivity contribution >= 4 is 45.7 Å². The van der Waals surface area contributed by atoms with Gasteiger partial charge in [-0.05, 0) is 18.2 Å². The molecule has 2 heterocycles. The second-order valence-electron chi connectivity index (χ2n) is 3.88. The van der Waals surface area contributed by atoms with Crippen molar-refractivity contribution in [3.05, 3.63) is 36.4 Å². The highest BCUT2D eigenvalue weighted by molar-refractivity contribution is 7.80. The van der Waals surface area contributed by atoms with Gasteiger partial charge in [-0.1, -0.05) is 30.8 Å². The Bertz CT molecular complexity index is 860. The number of rotatable bonds is 0. The van der Waals surface area contributed by atoms with Gasteiger partial charge in [-0.25, -0.2) is 4.98 Å². The van der Waals surface area contributed by atoms with Gasteiger partial charge in [-0.15, -0.1) is 0 Å². The molecule has 4 rings (SSSR count). The first-order valence-corrected chi connectivity index (χ1v) is 5.67. The summed E-state index contributed by atoms with van der Waals surface area (Å²) in [5, 5.41) is 2.41. The number of oxazole rings is 1. The molecule has 0 bridgehead atoms. The van der Waals surface area contributed by atoms with Crippen LogP contribution in [0.1, 0.15) is 0 Å². The van der Waals surface area contributed by atoms with Gasteiger partial charge < -0.3 is 8.83 Å². The molecule has 4 heteroatoms. The van der Waals surface area contributed by atoms with Crippen LogP contribution in [0.3, 0.4) is 0 Å². The van der Waals surface area contributed by atoms with Gasteiger partial charge >= 0.3 is 0 Å². The summed E-state index contributed by atoms with van der Waals surface area (Å²) < 4.78 is 11.2. The largest absolute Gasteiger partial charge is 0.456 e. The molecule has 2 aromatic heterocycles. The Balaban J connectivity index is 2.37. The first-order chi connectivity index (χ1) is 8.33. The van der Waals surface area contributed by atoms with E-state index in [2.05, 4.69) is 17.6 Å². The summed E-state index contributed by atoms with van der Waals surface area (Å²) in [6, 6.07) is 11.7. The van der Waals surface area contributed by atoms with Crippen molar-refractivity contribution in [2.24, 2.45) is 0 Å². The van der Waals surface area contributed by atoms with Crippen LogP contribution in [0.5, 0.6) is 0 Å². The van der Waals surface area contributed by atoms with E-state index >= 15 is 0 Å². The van der Waals surface area contributed by atoms with Crippen molar-refractivity contribution < 1.29 is 8.83 Å². The molecule has 0 unspecified atom stereocenters. The van der Waals surface area contributed by atoms with Crippen LogP contribution in [0, 0.1) is 0 Å². The Labute approximate surface area is 101 Å². The number of para-hydroxylation sites is 1. The molecule has 3 nitrogen and oxygen atoms in total. The van der Waals surface area contributed by atoms with Crippen molar-refractivity contribution in [2.45, 2.75) is 5.22 Å². The first kappa shape index (κ1) is 9.13. The van der Waals surface area contributed by atoms with Crippen molar-refractivity contribution in [3.63, 3.8) is 0 Å². The van der Waals surface area contributed by atoms with Gasteiger partial charge in [0.25, 0.3) is 5.22 Å². The van der Waals surface area contributed by atoms with Crippen LogP contribution in [0.4, 0.5) is 0 Å². The SMILES string of the molecule is Sc1nc2c(ccc3oc4ccccc4c32)o1.